The second-order valence-corrected chi connectivity index (χ2v) is 4.73. The second kappa shape index (κ2) is 5.01. The number of nitrogens with zero attached hydrogens (tertiary/aromatic N) is 1. The molecule has 0 radical (unpaired) electrons. The maximum absolute atomic E-state index is 10.5. The maximum atomic E-state index is 10.5. The van der Waals surface area contributed by atoms with E-state index in [1.165, 1.54) is 22.6 Å². The molecule has 3 nitrogen and oxygen atoms in total. The van der Waals surface area contributed by atoms with Crippen LogP contribution in [-0.2, 0) is 0 Å². The van der Waals surface area contributed by atoms with Crippen molar-refractivity contribution < 1.29 is 4.92 Å². The van der Waals surface area contributed by atoms with Gasteiger partial charge in [-0.15, -0.1) is 0 Å². The van der Waals surface area contributed by atoms with Gasteiger partial charge in [0.05, 0.1) is 4.92 Å². The second-order valence-electron chi connectivity index (χ2n) is 3.62. The Morgan fingerprint density at radius 2 is 1.71 bits per heavy atom. The van der Waals surface area contributed by atoms with E-state index in [1.54, 1.807) is 23.9 Å². The van der Waals surface area contributed by atoms with E-state index < -0.39 is 0 Å². The number of rotatable bonds is 3. The summed E-state index contributed by atoms with van der Waals surface area (Å²) in [5, 5.41) is 10.5. The fourth-order valence-electron chi connectivity index (χ4n) is 1.43. The zero-order valence-electron chi connectivity index (χ0n) is 9.29. The summed E-state index contributed by atoms with van der Waals surface area (Å²) in [5.41, 5.74) is 1.33. The molecule has 0 saturated carbocycles. The summed E-state index contributed by atoms with van der Waals surface area (Å²) in [7, 11) is 0. The molecule has 4 heteroatoms. The first-order chi connectivity index (χ1) is 8.16. The zero-order chi connectivity index (χ0) is 12.3. The first-order valence-electron chi connectivity index (χ1n) is 5.15. The van der Waals surface area contributed by atoms with E-state index in [4.69, 9.17) is 0 Å². The number of benzene rings is 2. The topological polar surface area (TPSA) is 43.1 Å². The van der Waals surface area contributed by atoms with Crippen LogP contribution in [0.5, 0.6) is 0 Å². The highest BCUT2D eigenvalue weighted by atomic mass is 32.2. The molecule has 0 N–H and O–H groups in total. The van der Waals surface area contributed by atoms with E-state index in [0.29, 0.717) is 0 Å². The Labute approximate surface area is 104 Å². The van der Waals surface area contributed by atoms with Gasteiger partial charge in [0.1, 0.15) is 0 Å². The van der Waals surface area contributed by atoms with Crippen LogP contribution in [0, 0.1) is 17.0 Å². The van der Waals surface area contributed by atoms with Crippen molar-refractivity contribution in [1.29, 1.82) is 0 Å². The van der Waals surface area contributed by atoms with Crippen LogP contribution in [0.1, 0.15) is 5.56 Å². The zero-order valence-corrected chi connectivity index (χ0v) is 10.1. The summed E-state index contributed by atoms with van der Waals surface area (Å²) in [6.45, 7) is 2.05. The van der Waals surface area contributed by atoms with Crippen molar-refractivity contribution in [2.75, 3.05) is 0 Å². The first-order valence-corrected chi connectivity index (χ1v) is 5.96. The van der Waals surface area contributed by atoms with E-state index in [9.17, 15) is 10.1 Å². The van der Waals surface area contributed by atoms with Crippen LogP contribution in [0.25, 0.3) is 0 Å². The Kier molecular flexibility index (Phi) is 3.44. The lowest BCUT2D eigenvalue weighted by Crippen LogP contribution is -1.86. The highest BCUT2D eigenvalue weighted by Gasteiger charge is 2.05. The molecular formula is C13H11NO2S. The largest absolute Gasteiger partial charge is 0.269 e. The number of non-ortho nitro benzene ring substituents is 1. The molecule has 0 amide bonds. The third-order valence-electron chi connectivity index (χ3n) is 2.37. The highest BCUT2D eigenvalue weighted by molar-refractivity contribution is 7.99. The van der Waals surface area contributed by atoms with Gasteiger partial charge in [-0.25, -0.2) is 0 Å². The minimum absolute atomic E-state index is 0.124. The van der Waals surface area contributed by atoms with Gasteiger partial charge in [0, 0.05) is 21.9 Å². The van der Waals surface area contributed by atoms with Crippen molar-refractivity contribution in [3.05, 3.63) is 64.2 Å². The fraction of sp³-hybridized carbons (Fsp3) is 0.0769. The molecule has 2 rings (SSSR count). The summed E-state index contributed by atoms with van der Waals surface area (Å²) in [6, 6.07) is 14.7. The predicted octanol–water partition coefficient (Wildman–Crippen LogP) is 4.05. The number of nitro groups is 1. The minimum Gasteiger partial charge on any atom is -0.258 e. The summed E-state index contributed by atoms with van der Waals surface area (Å²) in [6.07, 6.45) is 0. The average molecular weight is 245 g/mol. The molecule has 2 aromatic carbocycles. The average Bonchev–Trinajstić information content (AvgIpc) is 2.33. The number of hydrogen-bond acceptors (Lipinski definition) is 3. The summed E-state index contributed by atoms with van der Waals surface area (Å²) < 4.78 is 0. The Morgan fingerprint density at radius 3 is 2.29 bits per heavy atom. The normalized spacial score (nSPS) is 10.2. The van der Waals surface area contributed by atoms with Crippen LogP contribution >= 0.6 is 11.8 Å². The lowest BCUT2D eigenvalue weighted by atomic mass is 10.2. The van der Waals surface area contributed by atoms with Gasteiger partial charge in [0.15, 0.2) is 0 Å². The Morgan fingerprint density at radius 1 is 1.06 bits per heavy atom. The van der Waals surface area contributed by atoms with Crippen molar-refractivity contribution in [2.45, 2.75) is 16.7 Å². The standard InChI is InChI=1S/C13H11NO2S/c1-10-4-2-3-5-13(10)17-12-8-6-11(7-9-12)14(15)16/h2-9H,1H3. The Hall–Kier alpha value is -1.81. The van der Waals surface area contributed by atoms with Gasteiger partial charge < -0.3 is 0 Å². The van der Waals surface area contributed by atoms with Gasteiger partial charge in [0.2, 0.25) is 0 Å². The summed E-state index contributed by atoms with van der Waals surface area (Å²) in [5.74, 6) is 0. The van der Waals surface area contributed by atoms with Crippen molar-refractivity contribution in [1.82, 2.24) is 0 Å². The summed E-state index contributed by atoms with van der Waals surface area (Å²) in [4.78, 5) is 12.3. The van der Waals surface area contributed by atoms with Gasteiger partial charge in [-0.2, -0.15) is 0 Å². The van der Waals surface area contributed by atoms with Gasteiger partial charge in [-0.05, 0) is 30.7 Å². The molecule has 86 valence electrons. The molecular weight excluding hydrogens is 234 g/mol. The van der Waals surface area contributed by atoms with Crippen LogP contribution in [0.15, 0.2) is 58.3 Å². The van der Waals surface area contributed by atoms with Crippen LogP contribution in [0.4, 0.5) is 5.69 Å². The minimum atomic E-state index is -0.387. The van der Waals surface area contributed by atoms with E-state index in [1.807, 2.05) is 31.2 Å². The molecule has 0 aliphatic rings. The van der Waals surface area contributed by atoms with E-state index >= 15 is 0 Å². The van der Waals surface area contributed by atoms with E-state index in [-0.39, 0.29) is 10.6 Å². The van der Waals surface area contributed by atoms with Gasteiger partial charge in [0.25, 0.3) is 5.69 Å². The quantitative estimate of drug-likeness (QED) is 0.605. The number of hydrogen-bond donors (Lipinski definition) is 0. The third-order valence-corrected chi connectivity index (χ3v) is 3.55. The lowest BCUT2D eigenvalue weighted by molar-refractivity contribution is -0.384. The van der Waals surface area contributed by atoms with Crippen molar-refractivity contribution in [3.63, 3.8) is 0 Å². The molecule has 0 saturated heterocycles. The van der Waals surface area contributed by atoms with Crippen LogP contribution < -0.4 is 0 Å². The molecule has 0 spiro atoms. The molecule has 0 aromatic heterocycles. The monoisotopic (exact) mass is 245 g/mol. The van der Waals surface area contributed by atoms with Crippen LogP contribution in [0.3, 0.4) is 0 Å². The van der Waals surface area contributed by atoms with Crippen LogP contribution in [-0.4, -0.2) is 4.92 Å². The fourth-order valence-corrected chi connectivity index (χ4v) is 2.34. The maximum Gasteiger partial charge on any atom is 0.269 e. The van der Waals surface area contributed by atoms with Crippen molar-refractivity contribution >= 4 is 17.4 Å². The summed E-state index contributed by atoms with van der Waals surface area (Å²) >= 11 is 1.61. The predicted molar refractivity (Wildman–Crippen MR) is 68.4 cm³/mol. The van der Waals surface area contributed by atoms with Gasteiger partial charge in [-0.3, -0.25) is 10.1 Å². The highest BCUT2D eigenvalue weighted by Crippen LogP contribution is 2.30. The van der Waals surface area contributed by atoms with Crippen LogP contribution in [0.2, 0.25) is 0 Å². The first kappa shape index (κ1) is 11.7. The molecule has 0 bridgehead atoms. The lowest BCUT2D eigenvalue weighted by Gasteiger charge is -2.04. The van der Waals surface area contributed by atoms with Crippen molar-refractivity contribution in [2.24, 2.45) is 0 Å². The Balaban J connectivity index is 2.20. The molecule has 17 heavy (non-hydrogen) atoms. The Bertz CT molecular complexity index is 537. The van der Waals surface area contributed by atoms with Gasteiger partial charge in [-0.1, -0.05) is 30.0 Å². The number of aryl methyl sites for hydroxylation is 1. The molecule has 0 atom stereocenters. The van der Waals surface area contributed by atoms with Gasteiger partial charge >= 0.3 is 0 Å². The van der Waals surface area contributed by atoms with E-state index in [2.05, 4.69) is 0 Å². The van der Waals surface area contributed by atoms with Crippen molar-refractivity contribution in [3.8, 4) is 0 Å². The molecule has 0 aliphatic carbocycles. The molecule has 0 aliphatic heterocycles. The molecule has 0 heterocycles. The van der Waals surface area contributed by atoms with E-state index in [0.717, 1.165) is 4.90 Å². The SMILES string of the molecule is Cc1ccccc1Sc1ccc([N+](=O)[O-])cc1. The molecule has 2 aromatic rings. The smallest absolute Gasteiger partial charge is 0.258 e. The number of nitro benzene ring substituents is 1. The molecule has 0 unspecified atom stereocenters. The third kappa shape index (κ3) is 2.85. The molecule has 0 fully saturated rings.